The van der Waals surface area contributed by atoms with Crippen molar-refractivity contribution in [3.8, 4) is 0 Å². The summed E-state index contributed by atoms with van der Waals surface area (Å²) in [7, 11) is 0. The molecule has 1 aromatic carbocycles. The van der Waals surface area contributed by atoms with E-state index in [4.69, 9.17) is 4.42 Å². The zero-order valence-corrected chi connectivity index (χ0v) is 13.7. The highest BCUT2D eigenvalue weighted by Crippen LogP contribution is 2.30. The van der Waals surface area contributed by atoms with Crippen LogP contribution in [0.1, 0.15) is 42.3 Å². The van der Waals surface area contributed by atoms with Crippen molar-refractivity contribution in [3.05, 3.63) is 35.6 Å². The van der Waals surface area contributed by atoms with Crippen LogP contribution in [0.25, 0.3) is 11.0 Å². The summed E-state index contributed by atoms with van der Waals surface area (Å²) in [5, 5.41) is 4.57. The lowest BCUT2D eigenvalue weighted by Crippen LogP contribution is -2.53. The number of carbonyl (C=O) groups excluding carboxylic acids is 1. The van der Waals surface area contributed by atoms with Gasteiger partial charge in [-0.15, -0.1) is 0 Å². The molecular formula is C19H24N2O2. The van der Waals surface area contributed by atoms with E-state index in [0.29, 0.717) is 12.0 Å². The number of carbonyl (C=O) groups is 1. The number of amides is 1. The molecule has 2 aliphatic rings. The molecule has 1 aromatic heterocycles. The molecule has 2 saturated heterocycles. The third-order valence-electron chi connectivity index (χ3n) is 5.38. The molecule has 23 heavy (non-hydrogen) atoms. The van der Waals surface area contributed by atoms with E-state index in [-0.39, 0.29) is 5.91 Å². The minimum absolute atomic E-state index is 0.149. The number of nitrogens with one attached hydrogen (secondary N) is 1. The van der Waals surface area contributed by atoms with Gasteiger partial charge >= 0.3 is 0 Å². The lowest BCUT2D eigenvalue weighted by molar-refractivity contribution is 0.0592. The van der Waals surface area contributed by atoms with E-state index in [9.17, 15) is 4.79 Å². The van der Waals surface area contributed by atoms with Crippen LogP contribution in [0.15, 0.2) is 28.7 Å². The molecule has 2 aliphatic heterocycles. The van der Waals surface area contributed by atoms with E-state index < -0.39 is 0 Å². The average Bonchev–Trinajstić information content (AvgIpc) is 2.99. The maximum absolute atomic E-state index is 13.2. The summed E-state index contributed by atoms with van der Waals surface area (Å²) in [6.07, 6.45) is 4.26. The highest BCUT2D eigenvalue weighted by molar-refractivity contribution is 6.07. The molecule has 2 atom stereocenters. The lowest BCUT2D eigenvalue weighted by Gasteiger charge is -2.41. The Labute approximate surface area is 136 Å². The molecule has 122 valence electrons. The standard InChI is InChI=1S/C19H24N2O2/c1-2-16-18(14-7-3-4-8-17(14)23-16)19(22)21-11-9-15-13(12-21)6-5-10-20-15/h3-4,7-8,13,15,20H,2,5-6,9-12H2,1H3/t13-,15+/m1/s1. The van der Waals surface area contributed by atoms with Crippen molar-refractivity contribution in [2.45, 2.75) is 38.6 Å². The Hall–Kier alpha value is -1.81. The third kappa shape index (κ3) is 2.55. The molecule has 4 rings (SSSR count). The van der Waals surface area contributed by atoms with Crippen molar-refractivity contribution in [2.24, 2.45) is 5.92 Å². The second-order valence-electron chi connectivity index (χ2n) is 6.75. The van der Waals surface area contributed by atoms with Gasteiger partial charge in [0.1, 0.15) is 11.3 Å². The molecular weight excluding hydrogens is 288 g/mol. The van der Waals surface area contributed by atoms with Gasteiger partial charge in [0.05, 0.1) is 5.56 Å². The first-order valence-corrected chi connectivity index (χ1v) is 8.81. The molecule has 4 heteroatoms. The van der Waals surface area contributed by atoms with Crippen molar-refractivity contribution in [1.29, 1.82) is 0 Å². The average molecular weight is 312 g/mol. The normalized spacial score (nSPS) is 24.7. The van der Waals surface area contributed by atoms with Gasteiger partial charge in [-0.25, -0.2) is 0 Å². The quantitative estimate of drug-likeness (QED) is 0.926. The molecule has 2 fully saturated rings. The Morgan fingerprint density at radius 2 is 2.22 bits per heavy atom. The fraction of sp³-hybridized carbons (Fsp3) is 0.526. The van der Waals surface area contributed by atoms with Gasteiger partial charge in [0.25, 0.3) is 5.91 Å². The van der Waals surface area contributed by atoms with Crippen LogP contribution in [0, 0.1) is 5.92 Å². The van der Waals surface area contributed by atoms with Crippen LogP contribution in [0.4, 0.5) is 0 Å². The topological polar surface area (TPSA) is 45.5 Å². The van der Waals surface area contributed by atoms with Crippen molar-refractivity contribution in [3.63, 3.8) is 0 Å². The maximum atomic E-state index is 13.2. The van der Waals surface area contributed by atoms with Crippen LogP contribution in [0.2, 0.25) is 0 Å². The summed E-state index contributed by atoms with van der Waals surface area (Å²) in [5.41, 5.74) is 1.60. The van der Waals surface area contributed by atoms with Crippen LogP contribution in [-0.4, -0.2) is 36.5 Å². The number of hydrogen-bond donors (Lipinski definition) is 1. The van der Waals surface area contributed by atoms with Gasteiger partial charge in [-0.3, -0.25) is 4.79 Å². The van der Waals surface area contributed by atoms with Crippen molar-refractivity contribution >= 4 is 16.9 Å². The molecule has 0 bridgehead atoms. The number of benzene rings is 1. The highest BCUT2D eigenvalue weighted by Gasteiger charge is 2.34. The van der Waals surface area contributed by atoms with Crippen LogP contribution in [0.3, 0.4) is 0 Å². The van der Waals surface area contributed by atoms with E-state index in [2.05, 4.69) is 5.32 Å². The summed E-state index contributed by atoms with van der Waals surface area (Å²) in [6.45, 7) is 4.89. The van der Waals surface area contributed by atoms with Crippen LogP contribution >= 0.6 is 0 Å². The van der Waals surface area contributed by atoms with Gasteiger partial charge < -0.3 is 14.6 Å². The number of nitrogens with zero attached hydrogens (tertiary/aromatic N) is 1. The van der Waals surface area contributed by atoms with Crippen molar-refractivity contribution < 1.29 is 9.21 Å². The SMILES string of the molecule is CCc1oc2ccccc2c1C(=O)N1CC[C@@H]2NCCC[C@@H]2C1. The number of hydrogen-bond acceptors (Lipinski definition) is 3. The minimum atomic E-state index is 0.149. The zero-order chi connectivity index (χ0) is 15.8. The van der Waals surface area contributed by atoms with Crippen molar-refractivity contribution in [2.75, 3.05) is 19.6 Å². The molecule has 0 spiro atoms. The molecule has 0 unspecified atom stereocenters. The monoisotopic (exact) mass is 312 g/mol. The molecule has 3 heterocycles. The largest absolute Gasteiger partial charge is 0.460 e. The van der Waals surface area contributed by atoms with Crippen LogP contribution < -0.4 is 5.32 Å². The Morgan fingerprint density at radius 1 is 1.35 bits per heavy atom. The van der Waals surface area contributed by atoms with Gasteiger partial charge in [-0.2, -0.15) is 0 Å². The Balaban J connectivity index is 1.64. The first-order valence-electron chi connectivity index (χ1n) is 8.81. The third-order valence-corrected chi connectivity index (χ3v) is 5.38. The summed E-state index contributed by atoms with van der Waals surface area (Å²) in [6, 6.07) is 8.48. The van der Waals surface area contributed by atoms with Crippen molar-refractivity contribution in [1.82, 2.24) is 10.2 Å². The highest BCUT2D eigenvalue weighted by atomic mass is 16.3. The molecule has 1 N–H and O–H groups in total. The lowest BCUT2D eigenvalue weighted by atomic mass is 9.85. The molecule has 2 aromatic rings. The zero-order valence-electron chi connectivity index (χ0n) is 13.7. The molecule has 1 amide bonds. The van der Waals surface area contributed by atoms with Gasteiger partial charge in [-0.1, -0.05) is 25.1 Å². The predicted molar refractivity (Wildman–Crippen MR) is 90.6 cm³/mol. The Kier molecular flexibility index (Phi) is 3.85. The number of likely N-dealkylation sites (tertiary alicyclic amines) is 1. The number of para-hydroxylation sites is 1. The van der Waals surface area contributed by atoms with Gasteiger partial charge in [0.15, 0.2) is 0 Å². The Morgan fingerprint density at radius 3 is 3.09 bits per heavy atom. The first kappa shape index (κ1) is 14.8. The van der Waals surface area contributed by atoms with Gasteiger partial charge in [0, 0.05) is 30.9 Å². The molecule has 4 nitrogen and oxygen atoms in total. The predicted octanol–water partition coefficient (Wildman–Crippen LogP) is 3.21. The summed E-state index contributed by atoms with van der Waals surface area (Å²) < 4.78 is 5.91. The van der Waals surface area contributed by atoms with E-state index in [1.165, 1.54) is 12.8 Å². The first-order chi connectivity index (χ1) is 11.3. The van der Waals surface area contributed by atoms with Gasteiger partial charge in [0.2, 0.25) is 0 Å². The van der Waals surface area contributed by atoms with E-state index in [0.717, 1.165) is 54.8 Å². The summed E-state index contributed by atoms with van der Waals surface area (Å²) >= 11 is 0. The number of rotatable bonds is 2. The van der Waals surface area contributed by atoms with Gasteiger partial charge in [-0.05, 0) is 37.8 Å². The minimum Gasteiger partial charge on any atom is -0.460 e. The Bertz CT molecular complexity index is 721. The summed E-state index contributed by atoms with van der Waals surface area (Å²) in [5.74, 6) is 1.57. The number of furan rings is 1. The maximum Gasteiger partial charge on any atom is 0.258 e. The van der Waals surface area contributed by atoms with E-state index >= 15 is 0 Å². The molecule has 0 aliphatic carbocycles. The fourth-order valence-electron chi connectivity index (χ4n) is 4.17. The molecule has 0 radical (unpaired) electrons. The van der Waals surface area contributed by atoms with Crippen LogP contribution in [-0.2, 0) is 6.42 Å². The second-order valence-corrected chi connectivity index (χ2v) is 6.75. The fourth-order valence-corrected chi connectivity index (χ4v) is 4.17. The number of piperidine rings is 2. The van der Waals surface area contributed by atoms with E-state index in [1.807, 2.05) is 36.1 Å². The number of aryl methyl sites for hydroxylation is 1. The smallest absolute Gasteiger partial charge is 0.258 e. The summed E-state index contributed by atoms with van der Waals surface area (Å²) in [4.78, 5) is 15.2. The molecule has 0 saturated carbocycles. The van der Waals surface area contributed by atoms with E-state index in [1.54, 1.807) is 0 Å². The van der Waals surface area contributed by atoms with Crippen LogP contribution in [0.5, 0.6) is 0 Å². The second kappa shape index (κ2) is 6.00. The number of fused-ring (bicyclic) bond motifs is 2.